The first kappa shape index (κ1) is 20.0. The van der Waals surface area contributed by atoms with Gasteiger partial charge in [-0.05, 0) is 44.4 Å². The summed E-state index contributed by atoms with van der Waals surface area (Å²) in [6.45, 7) is 8.05. The summed E-state index contributed by atoms with van der Waals surface area (Å²) < 4.78 is 15.6. The van der Waals surface area contributed by atoms with Crippen molar-refractivity contribution < 1.29 is 23.8 Å². The van der Waals surface area contributed by atoms with Gasteiger partial charge in [-0.3, -0.25) is 4.79 Å². The fourth-order valence-corrected chi connectivity index (χ4v) is 2.47. The van der Waals surface area contributed by atoms with Crippen molar-refractivity contribution in [2.45, 2.75) is 39.7 Å². The highest BCUT2D eigenvalue weighted by Crippen LogP contribution is 2.26. The van der Waals surface area contributed by atoms with Crippen molar-refractivity contribution >= 4 is 17.6 Å². The summed E-state index contributed by atoms with van der Waals surface area (Å²) in [4.78, 5) is 24.5. The molecule has 1 rings (SSSR count). The summed E-state index contributed by atoms with van der Waals surface area (Å²) in [5.41, 5.74) is -0.200. The third-order valence-electron chi connectivity index (χ3n) is 3.67. The number of ether oxygens (including phenoxy) is 3. The number of esters is 1. The molecule has 0 radical (unpaired) electrons. The van der Waals surface area contributed by atoms with Crippen LogP contribution in [0.15, 0.2) is 18.2 Å². The second-order valence-electron chi connectivity index (χ2n) is 6.12. The molecule has 24 heavy (non-hydrogen) atoms. The molecule has 1 aromatic carbocycles. The predicted molar refractivity (Wildman–Crippen MR) is 92.4 cm³/mol. The Morgan fingerprint density at radius 2 is 1.92 bits per heavy atom. The molecule has 0 saturated carbocycles. The molecule has 1 atom stereocenters. The summed E-state index contributed by atoms with van der Waals surface area (Å²) in [5, 5.41) is 2.80. The molecular weight excluding hydrogens is 310 g/mol. The second kappa shape index (κ2) is 8.68. The van der Waals surface area contributed by atoms with Crippen LogP contribution in [0, 0.1) is 5.92 Å². The predicted octanol–water partition coefficient (Wildman–Crippen LogP) is 3.26. The number of amides is 1. The SMILES string of the molecule is CCOc1ccc(NC(=O)[C@](C)(CC(C)C)OC)cc1C(=O)OC. The van der Waals surface area contributed by atoms with Crippen molar-refractivity contribution in [2.75, 3.05) is 26.1 Å². The first-order valence-electron chi connectivity index (χ1n) is 7.99. The molecule has 0 aromatic heterocycles. The number of hydrogen-bond acceptors (Lipinski definition) is 5. The highest BCUT2D eigenvalue weighted by molar-refractivity contribution is 5.99. The Balaban J connectivity index is 3.06. The zero-order valence-corrected chi connectivity index (χ0v) is 15.3. The van der Waals surface area contributed by atoms with Crippen LogP contribution in [0.3, 0.4) is 0 Å². The standard InChI is InChI=1S/C18H27NO5/c1-7-24-15-9-8-13(10-14(15)16(20)22-5)19-17(21)18(4,23-6)11-12(2)3/h8-10,12H,7,11H2,1-6H3,(H,19,21)/t18-/m0/s1. The van der Waals surface area contributed by atoms with E-state index >= 15 is 0 Å². The largest absolute Gasteiger partial charge is 0.493 e. The van der Waals surface area contributed by atoms with Crippen molar-refractivity contribution in [3.05, 3.63) is 23.8 Å². The van der Waals surface area contributed by atoms with Crippen LogP contribution in [0.25, 0.3) is 0 Å². The van der Waals surface area contributed by atoms with Gasteiger partial charge >= 0.3 is 5.97 Å². The molecule has 0 bridgehead atoms. The molecule has 0 unspecified atom stereocenters. The molecule has 1 aromatic rings. The van der Waals surface area contributed by atoms with Crippen LogP contribution in [0.4, 0.5) is 5.69 Å². The van der Waals surface area contributed by atoms with Gasteiger partial charge < -0.3 is 19.5 Å². The Labute approximate surface area is 143 Å². The maximum absolute atomic E-state index is 12.6. The number of rotatable bonds is 8. The van der Waals surface area contributed by atoms with Gasteiger partial charge in [0.1, 0.15) is 16.9 Å². The van der Waals surface area contributed by atoms with Crippen molar-refractivity contribution in [3.8, 4) is 5.75 Å². The van der Waals surface area contributed by atoms with E-state index in [0.717, 1.165) is 0 Å². The van der Waals surface area contributed by atoms with Crippen molar-refractivity contribution in [2.24, 2.45) is 5.92 Å². The summed E-state index contributed by atoms with van der Waals surface area (Å²) in [7, 11) is 2.81. The van der Waals surface area contributed by atoms with Crippen molar-refractivity contribution in [1.82, 2.24) is 0 Å². The van der Waals surface area contributed by atoms with Gasteiger partial charge in [0, 0.05) is 12.8 Å². The number of carbonyl (C=O) groups is 2. The van der Waals surface area contributed by atoms with Crippen LogP contribution >= 0.6 is 0 Å². The van der Waals surface area contributed by atoms with Gasteiger partial charge in [0.05, 0.1) is 13.7 Å². The van der Waals surface area contributed by atoms with Gasteiger partial charge in [-0.2, -0.15) is 0 Å². The number of carbonyl (C=O) groups excluding carboxylic acids is 2. The van der Waals surface area contributed by atoms with Gasteiger partial charge in [0.2, 0.25) is 0 Å². The lowest BCUT2D eigenvalue weighted by atomic mass is 9.93. The van der Waals surface area contributed by atoms with E-state index in [1.165, 1.54) is 14.2 Å². The number of methoxy groups -OCH3 is 2. The average Bonchev–Trinajstić information content (AvgIpc) is 2.54. The van der Waals surface area contributed by atoms with E-state index in [-0.39, 0.29) is 11.5 Å². The fourth-order valence-electron chi connectivity index (χ4n) is 2.47. The molecule has 0 aliphatic rings. The van der Waals surface area contributed by atoms with Crippen LogP contribution in [-0.4, -0.2) is 38.3 Å². The van der Waals surface area contributed by atoms with E-state index in [4.69, 9.17) is 14.2 Å². The van der Waals surface area contributed by atoms with E-state index < -0.39 is 11.6 Å². The summed E-state index contributed by atoms with van der Waals surface area (Å²) in [6, 6.07) is 4.86. The van der Waals surface area contributed by atoms with E-state index in [2.05, 4.69) is 5.32 Å². The minimum absolute atomic E-state index is 0.264. The smallest absolute Gasteiger partial charge is 0.341 e. The fraction of sp³-hybridized carbons (Fsp3) is 0.556. The molecule has 0 saturated heterocycles. The Kier molecular flexibility index (Phi) is 7.22. The van der Waals surface area contributed by atoms with Crippen molar-refractivity contribution in [1.29, 1.82) is 0 Å². The normalized spacial score (nSPS) is 13.3. The molecule has 134 valence electrons. The zero-order valence-electron chi connectivity index (χ0n) is 15.3. The van der Waals surface area contributed by atoms with E-state index in [1.807, 2.05) is 20.8 Å². The van der Waals surface area contributed by atoms with Gasteiger partial charge in [-0.1, -0.05) is 13.8 Å². The molecule has 6 heteroatoms. The monoisotopic (exact) mass is 337 g/mol. The topological polar surface area (TPSA) is 73.9 Å². The molecule has 1 amide bonds. The third kappa shape index (κ3) is 4.96. The molecule has 0 heterocycles. The molecule has 1 N–H and O–H groups in total. The minimum Gasteiger partial charge on any atom is -0.493 e. The van der Waals surface area contributed by atoms with Gasteiger partial charge in [0.15, 0.2) is 0 Å². The first-order chi connectivity index (χ1) is 11.3. The summed E-state index contributed by atoms with van der Waals surface area (Å²) in [6.07, 6.45) is 0.580. The van der Waals surface area contributed by atoms with Gasteiger partial charge in [-0.25, -0.2) is 4.79 Å². The van der Waals surface area contributed by atoms with Crippen LogP contribution in [-0.2, 0) is 14.3 Å². The second-order valence-corrected chi connectivity index (χ2v) is 6.12. The maximum atomic E-state index is 12.6. The number of hydrogen-bond donors (Lipinski definition) is 1. The molecule has 0 aliphatic carbocycles. The first-order valence-corrected chi connectivity index (χ1v) is 7.99. The average molecular weight is 337 g/mol. The minimum atomic E-state index is -0.946. The molecule has 0 aliphatic heterocycles. The number of nitrogens with one attached hydrogen (secondary N) is 1. The molecule has 6 nitrogen and oxygen atoms in total. The van der Waals surface area contributed by atoms with Crippen LogP contribution in [0.5, 0.6) is 5.75 Å². The summed E-state index contributed by atoms with van der Waals surface area (Å²) in [5.74, 6) is -0.0735. The lowest BCUT2D eigenvalue weighted by Gasteiger charge is -2.28. The van der Waals surface area contributed by atoms with Crippen molar-refractivity contribution in [3.63, 3.8) is 0 Å². The highest BCUT2D eigenvalue weighted by Gasteiger charge is 2.34. The Morgan fingerprint density at radius 3 is 2.42 bits per heavy atom. The maximum Gasteiger partial charge on any atom is 0.341 e. The van der Waals surface area contributed by atoms with Gasteiger partial charge in [0.25, 0.3) is 5.91 Å². The highest BCUT2D eigenvalue weighted by atomic mass is 16.5. The zero-order chi connectivity index (χ0) is 18.3. The quantitative estimate of drug-likeness (QED) is 0.737. The van der Waals surface area contributed by atoms with E-state index in [0.29, 0.717) is 30.4 Å². The third-order valence-corrected chi connectivity index (χ3v) is 3.67. The molecule has 0 spiro atoms. The molecular formula is C18H27NO5. The van der Waals surface area contributed by atoms with E-state index in [9.17, 15) is 9.59 Å². The van der Waals surface area contributed by atoms with Crippen LogP contribution < -0.4 is 10.1 Å². The van der Waals surface area contributed by atoms with Crippen LogP contribution in [0.1, 0.15) is 44.5 Å². The summed E-state index contributed by atoms with van der Waals surface area (Å²) >= 11 is 0. The Hall–Kier alpha value is -2.08. The van der Waals surface area contributed by atoms with Gasteiger partial charge in [-0.15, -0.1) is 0 Å². The van der Waals surface area contributed by atoms with Crippen LogP contribution in [0.2, 0.25) is 0 Å². The Morgan fingerprint density at radius 1 is 1.25 bits per heavy atom. The number of benzene rings is 1. The lowest BCUT2D eigenvalue weighted by Crippen LogP contribution is -2.43. The molecule has 0 fully saturated rings. The Bertz CT molecular complexity index is 585. The lowest BCUT2D eigenvalue weighted by molar-refractivity contribution is -0.137. The number of anilines is 1. The van der Waals surface area contributed by atoms with E-state index in [1.54, 1.807) is 25.1 Å².